The maximum atomic E-state index is 13.6. The summed E-state index contributed by atoms with van der Waals surface area (Å²) in [6.45, 7) is -0.415. The molecule has 0 N–H and O–H groups in total. The number of thiophene rings is 1. The van der Waals surface area contributed by atoms with E-state index in [4.69, 9.17) is 0 Å². The minimum atomic E-state index is -4.73. The van der Waals surface area contributed by atoms with E-state index in [2.05, 4.69) is 4.98 Å². The zero-order valence-electron chi connectivity index (χ0n) is 15.7. The lowest BCUT2D eigenvalue weighted by atomic mass is 10.2. The van der Waals surface area contributed by atoms with Crippen molar-refractivity contribution in [1.82, 2.24) is 14.5 Å². The van der Waals surface area contributed by atoms with E-state index in [-0.39, 0.29) is 35.5 Å². The standard InChI is InChI=1S/C19H18F3N3O3S2/c20-19(21,22)18-23-15-5-1-2-6-16(15)25(18)11-17(26)24(10-14-4-3-8-29-14)13-7-9-30(27,28)12-13/h1-6,8,13H,7,9-12H2/t13-/m1/s1. The van der Waals surface area contributed by atoms with Crippen LogP contribution in [-0.2, 0) is 33.9 Å². The van der Waals surface area contributed by atoms with Gasteiger partial charge in [-0.3, -0.25) is 4.79 Å². The number of hydrogen-bond acceptors (Lipinski definition) is 5. The third-order valence-corrected chi connectivity index (χ3v) is 7.69. The molecule has 1 atom stereocenters. The fraction of sp³-hybridized carbons (Fsp3) is 0.368. The summed E-state index contributed by atoms with van der Waals surface area (Å²) >= 11 is 1.40. The van der Waals surface area contributed by atoms with Crippen LogP contribution in [0.2, 0.25) is 0 Å². The van der Waals surface area contributed by atoms with Crippen LogP contribution in [0.3, 0.4) is 0 Å². The number of carbonyl (C=O) groups excluding carboxylic acids is 1. The van der Waals surface area contributed by atoms with E-state index in [1.165, 1.54) is 28.4 Å². The maximum Gasteiger partial charge on any atom is 0.449 e. The molecule has 0 bridgehead atoms. The quantitative estimate of drug-likeness (QED) is 0.589. The van der Waals surface area contributed by atoms with Crippen molar-refractivity contribution in [2.45, 2.75) is 31.7 Å². The molecule has 1 aromatic carbocycles. The minimum absolute atomic E-state index is 0.0340. The number of nitrogens with zero attached hydrogens (tertiary/aromatic N) is 3. The third-order valence-electron chi connectivity index (χ3n) is 5.08. The summed E-state index contributed by atoms with van der Waals surface area (Å²) in [6, 6.07) is 9.15. The highest BCUT2D eigenvalue weighted by Gasteiger charge is 2.39. The molecule has 1 fully saturated rings. The predicted molar refractivity (Wildman–Crippen MR) is 107 cm³/mol. The summed E-state index contributed by atoms with van der Waals surface area (Å²) < 4.78 is 65.4. The Labute approximate surface area is 174 Å². The molecule has 0 unspecified atom stereocenters. The van der Waals surface area contributed by atoms with Gasteiger partial charge in [-0.05, 0) is 30.0 Å². The van der Waals surface area contributed by atoms with Crippen molar-refractivity contribution in [1.29, 1.82) is 0 Å². The van der Waals surface area contributed by atoms with Gasteiger partial charge in [0.2, 0.25) is 11.7 Å². The van der Waals surface area contributed by atoms with Crippen molar-refractivity contribution in [2.75, 3.05) is 11.5 Å². The zero-order chi connectivity index (χ0) is 21.5. The van der Waals surface area contributed by atoms with Crippen LogP contribution in [0.5, 0.6) is 0 Å². The van der Waals surface area contributed by atoms with Gasteiger partial charge in [0.15, 0.2) is 9.84 Å². The Morgan fingerprint density at radius 3 is 2.63 bits per heavy atom. The number of carbonyl (C=O) groups is 1. The van der Waals surface area contributed by atoms with Crippen LogP contribution < -0.4 is 0 Å². The molecule has 0 aliphatic carbocycles. The summed E-state index contributed by atoms with van der Waals surface area (Å²) in [5, 5.41) is 1.83. The summed E-state index contributed by atoms with van der Waals surface area (Å²) in [5.41, 5.74) is 0.346. The molecule has 1 saturated heterocycles. The zero-order valence-corrected chi connectivity index (χ0v) is 17.3. The maximum absolute atomic E-state index is 13.6. The van der Waals surface area contributed by atoms with Crippen molar-refractivity contribution in [3.63, 3.8) is 0 Å². The van der Waals surface area contributed by atoms with Crippen LogP contribution in [0.4, 0.5) is 13.2 Å². The van der Waals surface area contributed by atoms with Crippen molar-refractivity contribution in [2.24, 2.45) is 0 Å². The molecule has 3 aromatic rings. The van der Waals surface area contributed by atoms with Gasteiger partial charge in [-0.25, -0.2) is 13.4 Å². The lowest BCUT2D eigenvalue weighted by molar-refractivity contribution is -0.148. The third kappa shape index (κ3) is 4.22. The van der Waals surface area contributed by atoms with Crippen LogP contribution >= 0.6 is 11.3 Å². The second-order valence-electron chi connectivity index (χ2n) is 7.17. The number of fused-ring (bicyclic) bond motifs is 1. The number of imidazole rings is 1. The number of benzene rings is 1. The molecule has 3 heterocycles. The van der Waals surface area contributed by atoms with Gasteiger partial charge in [0.1, 0.15) is 6.54 Å². The number of para-hydroxylation sites is 2. The summed E-state index contributed by atoms with van der Waals surface area (Å²) in [4.78, 5) is 19.1. The van der Waals surface area contributed by atoms with Gasteiger partial charge in [0.05, 0.1) is 29.1 Å². The number of rotatable bonds is 5. The molecule has 11 heteroatoms. The van der Waals surface area contributed by atoms with Gasteiger partial charge in [-0.1, -0.05) is 18.2 Å². The molecular weight excluding hydrogens is 439 g/mol. The molecule has 0 saturated carbocycles. The Morgan fingerprint density at radius 2 is 2.00 bits per heavy atom. The molecular formula is C19H18F3N3O3S2. The molecule has 1 aliphatic rings. The average Bonchev–Trinajstić information content (AvgIpc) is 3.38. The van der Waals surface area contributed by atoms with Crippen molar-refractivity contribution in [3.05, 3.63) is 52.5 Å². The smallest absolute Gasteiger partial charge is 0.332 e. The van der Waals surface area contributed by atoms with Gasteiger partial charge in [0.25, 0.3) is 0 Å². The van der Waals surface area contributed by atoms with E-state index < -0.39 is 40.3 Å². The van der Waals surface area contributed by atoms with Crippen molar-refractivity contribution < 1.29 is 26.4 Å². The fourth-order valence-corrected chi connectivity index (χ4v) is 6.12. The van der Waals surface area contributed by atoms with Gasteiger partial charge in [-0.15, -0.1) is 11.3 Å². The Hall–Kier alpha value is -2.40. The number of amides is 1. The highest BCUT2D eigenvalue weighted by molar-refractivity contribution is 7.91. The Kier molecular flexibility index (Phi) is 5.35. The first-order valence-electron chi connectivity index (χ1n) is 9.19. The monoisotopic (exact) mass is 457 g/mol. The van der Waals surface area contributed by atoms with Gasteiger partial charge >= 0.3 is 6.18 Å². The fourth-order valence-electron chi connectivity index (χ4n) is 3.69. The van der Waals surface area contributed by atoms with Crippen molar-refractivity contribution >= 4 is 38.1 Å². The molecule has 160 valence electrons. The second kappa shape index (κ2) is 7.69. The summed E-state index contributed by atoms with van der Waals surface area (Å²) in [5.74, 6) is -1.93. The topological polar surface area (TPSA) is 72.3 Å². The minimum Gasteiger partial charge on any atom is -0.332 e. The largest absolute Gasteiger partial charge is 0.449 e. The normalized spacial score (nSPS) is 18.7. The Bertz CT molecular complexity index is 1170. The highest BCUT2D eigenvalue weighted by atomic mass is 32.2. The Balaban J connectivity index is 1.69. The number of alkyl halides is 3. The van der Waals surface area contributed by atoms with E-state index in [9.17, 15) is 26.4 Å². The first-order chi connectivity index (χ1) is 14.1. The first-order valence-corrected chi connectivity index (χ1v) is 11.9. The number of hydrogen-bond donors (Lipinski definition) is 0. The van der Waals surface area contributed by atoms with Crippen LogP contribution in [0.1, 0.15) is 17.1 Å². The molecule has 6 nitrogen and oxygen atoms in total. The van der Waals surface area contributed by atoms with Gasteiger partial charge in [-0.2, -0.15) is 13.2 Å². The molecule has 2 aromatic heterocycles. The lowest BCUT2D eigenvalue weighted by Gasteiger charge is -2.28. The van der Waals surface area contributed by atoms with E-state index in [1.54, 1.807) is 18.2 Å². The van der Waals surface area contributed by atoms with Crippen LogP contribution in [0.25, 0.3) is 11.0 Å². The number of sulfone groups is 1. The second-order valence-corrected chi connectivity index (χ2v) is 10.4. The van der Waals surface area contributed by atoms with Crippen LogP contribution in [0.15, 0.2) is 41.8 Å². The molecule has 4 rings (SSSR count). The molecule has 0 radical (unpaired) electrons. The molecule has 0 spiro atoms. The average molecular weight is 457 g/mol. The summed E-state index contributed by atoms with van der Waals surface area (Å²) in [6.07, 6.45) is -4.45. The van der Waals surface area contributed by atoms with Crippen LogP contribution in [-0.4, -0.2) is 46.3 Å². The molecule has 30 heavy (non-hydrogen) atoms. The molecule has 1 amide bonds. The van der Waals surface area contributed by atoms with Gasteiger partial charge in [0, 0.05) is 10.9 Å². The van der Waals surface area contributed by atoms with E-state index in [1.807, 2.05) is 11.4 Å². The van der Waals surface area contributed by atoms with Gasteiger partial charge < -0.3 is 9.47 Å². The summed E-state index contributed by atoms with van der Waals surface area (Å²) in [7, 11) is -3.27. The van der Waals surface area contributed by atoms with E-state index in [0.717, 1.165) is 9.44 Å². The SMILES string of the molecule is O=C(Cn1c(C(F)(F)F)nc2ccccc21)N(Cc1cccs1)[C@@H]1CCS(=O)(=O)C1. The first kappa shape index (κ1) is 20.9. The van der Waals surface area contributed by atoms with Crippen molar-refractivity contribution in [3.8, 4) is 0 Å². The van der Waals surface area contributed by atoms with E-state index in [0.29, 0.717) is 0 Å². The molecule has 1 aliphatic heterocycles. The van der Waals surface area contributed by atoms with E-state index >= 15 is 0 Å². The number of aromatic nitrogens is 2. The Morgan fingerprint density at radius 1 is 1.23 bits per heavy atom. The highest BCUT2D eigenvalue weighted by Crippen LogP contribution is 2.32. The lowest BCUT2D eigenvalue weighted by Crippen LogP contribution is -2.42. The number of halogens is 3. The predicted octanol–water partition coefficient (Wildman–Crippen LogP) is 3.33. The van der Waals surface area contributed by atoms with Crippen LogP contribution in [0, 0.1) is 0 Å².